The summed E-state index contributed by atoms with van der Waals surface area (Å²) in [4.78, 5) is 13.0. The van der Waals surface area contributed by atoms with E-state index in [0.717, 1.165) is 0 Å². The predicted molar refractivity (Wildman–Crippen MR) is 108 cm³/mol. The lowest BCUT2D eigenvalue weighted by Gasteiger charge is -2.33. The molecular formula is C20H26FNO2SSi. The Labute approximate surface area is 156 Å². The van der Waals surface area contributed by atoms with Crippen molar-refractivity contribution in [3.8, 4) is 0 Å². The van der Waals surface area contributed by atoms with Crippen molar-refractivity contribution in [1.82, 2.24) is 0 Å². The molecule has 0 amide bonds. The fraction of sp³-hybridized carbons (Fsp3) is 0.350. The summed E-state index contributed by atoms with van der Waals surface area (Å²) >= 11 is 0. The molecule has 0 N–H and O–H groups in total. The van der Waals surface area contributed by atoms with Crippen molar-refractivity contribution in [2.24, 2.45) is 4.03 Å². The molecule has 2 aromatic rings. The minimum absolute atomic E-state index is 0.203. The number of alkyl halides is 1. The number of carbonyl (C=O) groups excluding carboxylic acids is 1. The van der Waals surface area contributed by atoms with E-state index >= 15 is 4.39 Å². The molecule has 2 atom stereocenters. The van der Waals surface area contributed by atoms with Crippen LogP contribution < -0.4 is 0 Å². The van der Waals surface area contributed by atoms with E-state index in [4.69, 9.17) is 0 Å². The number of ketones is 1. The van der Waals surface area contributed by atoms with Crippen LogP contribution in [-0.2, 0) is 9.73 Å². The molecule has 0 saturated carbocycles. The van der Waals surface area contributed by atoms with Crippen molar-refractivity contribution >= 4 is 23.7 Å². The minimum Gasteiger partial charge on any atom is -0.290 e. The summed E-state index contributed by atoms with van der Waals surface area (Å²) in [5.41, 5.74) is -2.00. The van der Waals surface area contributed by atoms with Crippen LogP contribution in [0.5, 0.6) is 0 Å². The lowest BCUT2D eigenvalue weighted by atomic mass is 10.1. The first kappa shape index (κ1) is 20.5. The Morgan fingerprint density at radius 1 is 1.00 bits per heavy atom. The minimum atomic E-state index is -3.56. The van der Waals surface area contributed by atoms with E-state index < -0.39 is 29.3 Å². The Kier molecular flexibility index (Phi) is 5.88. The topological polar surface area (TPSA) is 46.5 Å². The predicted octanol–water partition coefficient (Wildman–Crippen LogP) is 5.70. The third-order valence-electron chi connectivity index (χ3n) is 4.83. The van der Waals surface area contributed by atoms with E-state index in [0.29, 0.717) is 0 Å². The third-order valence-corrected chi connectivity index (χ3v) is 13.1. The molecule has 0 spiro atoms. The normalized spacial score (nSPS) is 15.8. The zero-order chi connectivity index (χ0) is 19.6. The number of nitrogens with zero attached hydrogens (tertiary/aromatic N) is 1. The van der Waals surface area contributed by atoms with Crippen LogP contribution in [-0.4, -0.2) is 23.7 Å². The van der Waals surface area contributed by atoms with Gasteiger partial charge >= 0.3 is 0 Å². The van der Waals surface area contributed by atoms with Crippen LogP contribution in [0.25, 0.3) is 0 Å². The summed E-state index contributed by atoms with van der Waals surface area (Å²) in [6.07, 6.45) is 0. The van der Waals surface area contributed by atoms with Crippen molar-refractivity contribution in [2.75, 3.05) is 0 Å². The molecule has 0 saturated heterocycles. The maximum atomic E-state index is 15.4. The number of carbonyl (C=O) groups is 1. The summed E-state index contributed by atoms with van der Waals surface area (Å²) in [5, 5.41) is -0.222. The average molecular weight is 392 g/mol. The SMILES string of the molecule is CC(C)(C)[Si](C)(C)N=S(=O)(c1ccccc1)C(F)C(=O)c1ccccc1. The van der Waals surface area contributed by atoms with Gasteiger partial charge in [-0.3, -0.25) is 8.82 Å². The van der Waals surface area contributed by atoms with E-state index in [1.807, 2.05) is 33.9 Å². The monoisotopic (exact) mass is 391 g/mol. The van der Waals surface area contributed by atoms with Crippen LogP contribution in [0.2, 0.25) is 18.1 Å². The molecular weight excluding hydrogens is 365 g/mol. The van der Waals surface area contributed by atoms with Gasteiger partial charge in [-0.25, -0.2) is 8.60 Å². The number of hydrogen-bond acceptors (Lipinski definition) is 3. The fourth-order valence-corrected chi connectivity index (χ4v) is 8.00. The highest BCUT2D eigenvalue weighted by Crippen LogP contribution is 2.39. The van der Waals surface area contributed by atoms with Gasteiger partial charge in [0.15, 0.2) is 8.24 Å². The molecule has 6 heteroatoms. The molecule has 0 bridgehead atoms. The molecule has 2 rings (SSSR count). The van der Waals surface area contributed by atoms with Gasteiger partial charge in [-0.1, -0.05) is 69.3 Å². The van der Waals surface area contributed by atoms with E-state index in [9.17, 15) is 9.00 Å². The van der Waals surface area contributed by atoms with Crippen molar-refractivity contribution in [3.05, 3.63) is 66.2 Å². The molecule has 140 valence electrons. The maximum Gasteiger partial charge on any atom is 0.248 e. The number of halogens is 1. The van der Waals surface area contributed by atoms with Crippen LogP contribution in [0.3, 0.4) is 0 Å². The summed E-state index contributed by atoms with van der Waals surface area (Å²) in [6, 6.07) is 16.5. The van der Waals surface area contributed by atoms with Crippen LogP contribution in [0.15, 0.2) is 69.6 Å². The van der Waals surface area contributed by atoms with Crippen LogP contribution in [0.1, 0.15) is 31.1 Å². The molecule has 0 fully saturated rings. The van der Waals surface area contributed by atoms with E-state index in [1.54, 1.807) is 48.5 Å². The van der Waals surface area contributed by atoms with E-state index in [2.05, 4.69) is 4.03 Å². The molecule has 2 aromatic carbocycles. The summed E-state index contributed by atoms with van der Waals surface area (Å²) in [7, 11) is -6.04. The fourth-order valence-electron chi connectivity index (χ4n) is 2.19. The zero-order valence-corrected chi connectivity index (χ0v) is 17.7. The standard InChI is InChI=1S/C20H26FNO2SSi/c1-20(2,3)26(4,5)22-25(24,17-14-10-7-11-15-17)19(21)18(23)16-12-8-6-9-13-16/h6-15,19H,1-5H3. The van der Waals surface area contributed by atoms with Gasteiger partial charge in [-0.2, -0.15) is 0 Å². The molecule has 3 nitrogen and oxygen atoms in total. The van der Waals surface area contributed by atoms with Crippen LogP contribution >= 0.6 is 0 Å². The van der Waals surface area contributed by atoms with Gasteiger partial charge in [-0.15, -0.1) is 0 Å². The van der Waals surface area contributed by atoms with Crippen LogP contribution in [0.4, 0.5) is 4.39 Å². The lowest BCUT2D eigenvalue weighted by molar-refractivity contribution is 0.0935. The maximum absolute atomic E-state index is 15.4. The van der Waals surface area contributed by atoms with Crippen LogP contribution in [0, 0.1) is 0 Å². The van der Waals surface area contributed by atoms with E-state index in [1.165, 1.54) is 12.1 Å². The highest BCUT2D eigenvalue weighted by atomic mass is 32.2. The number of hydrogen-bond donors (Lipinski definition) is 0. The zero-order valence-electron chi connectivity index (χ0n) is 15.9. The first-order valence-corrected chi connectivity index (χ1v) is 13.1. The van der Waals surface area contributed by atoms with Crippen molar-refractivity contribution in [2.45, 2.75) is 49.3 Å². The average Bonchev–Trinajstić information content (AvgIpc) is 2.60. The van der Waals surface area contributed by atoms with Gasteiger partial charge < -0.3 is 0 Å². The van der Waals surface area contributed by atoms with Gasteiger partial charge in [-0.05, 0) is 30.3 Å². The van der Waals surface area contributed by atoms with Crippen molar-refractivity contribution in [3.63, 3.8) is 0 Å². The molecule has 26 heavy (non-hydrogen) atoms. The van der Waals surface area contributed by atoms with Gasteiger partial charge in [0.05, 0.1) is 4.90 Å². The quantitative estimate of drug-likeness (QED) is 0.485. The highest BCUT2D eigenvalue weighted by molar-refractivity contribution is 7.95. The molecule has 0 aliphatic heterocycles. The van der Waals surface area contributed by atoms with Crippen molar-refractivity contribution < 1.29 is 13.4 Å². The number of Topliss-reactive ketones (excluding diaryl/α,β-unsaturated/α-hetero) is 1. The Bertz CT molecular complexity index is 883. The molecule has 0 radical (unpaired) electrons. The molecule has 0 aliphatic carbocycles. The van der Waals surface area contributed by atoms with Crippen molar-refractivity contribution in [1.29, 1.82) is 0 Å². The molecule has 2 unspecified atom stereocenters. The first-order valence-electron chi connectivity index (χ1n) is 8.55. The summed E-state index contributed by atoms with van der Waals surface area (Å²) < 4.78 is 33.9. The smallest absolute Gasteiger partial charge is 0.248 e. The Balaban J connectivity index is 2.67. The van der Waals surface area contributed by atoms with Gasteiger partial charge in [0.25, 0.3) is 0 Å². The Morgan fingerprint density at radius 3 is 1.92 bits per heavy atom. The third kappa shape index (κ3) is 4.12. The van der Waals surface area contributed by atoms with Gasteiger partial charge in [0.2, 0.25) is 11.3 Å². The second-order valence-electron chi connectivity index (χ2n) is 7.83. The lowest BCUT2D eigenvalue weighted by Crippen LogP contribution is -2.39. The van der Waals surface area contributed by atoms with Gasteiger partial charge in [0.1, 0.15) is 9.73 Å². The highest BCUT2D eigenvalue weighted by Gasteiger charge is 2.41. The van der Waals surface area contributed by atoms with E-state index in [-0.39, 0.29) is 15.5 Å². The summed E-state index contributed by atoms with van der Waals surface area (Å²) in [5.74, 6) is -0.790. The molecule has 0 aliphatic rings. The molecule has 0 aromatic heterocycles. The second kappa shape index (κ2) is 7.45. The molecule has 0 heterocycles. The number of rotatable bonds is 5. The second-order valence-corrected chi connectivity index (χ2v) is 15.2. The largest absolute Gasteiger partial charge is 0.290 e. The Hall–Kier alpha value is -1.79. The first-order chi connectivity index (χ1) is 12.0. The number of benzene rings is 2. The summed E-state index contributed by atoms with van der Waals surface area (Å²) in [6.45, 7) is 9.95. The van der Waals surface area contributed by atoms with Gasteiger partial charge in [0, 0.05) is 5.56 Å². The Morgan fingerprint density at radius 2 is 1.46 bits per heavy atom.